The van der Waals surface area contributed by atoms with E-state index in [1.54, 1.807) is 12.1 Å². The van der Waals surface area contributed by atoms with Crippen molar-refractivity contribution in [2.45, 2.75) is 12.5 Å². The quantitative estimate of drug-likeness (QED) is 0.594. The lowest BCUT2D eigenvalue weighted by molar-refractivity contribution is -0.384. The molecule has 0 bridgehead atoms. The number of hydrogen-bond acceptors (Lipinski definition) is 6. The van der Waals surface area contributed by atoms with E-state index in [4.69, 9.17) is 16.2 Å². The van der Waals surface area contributed by atoms with Crippen molar-refractivity contribution in [1.82, 2.24) is 0 Å². The zero-order valence-corrected chi connectivity index (χ0v) is 11.5. The zero-order valence-electron chi connectivity index (χ0n) is 11.5. The van der Waals surface area contributed by atoms with Gasteiger partial charge in [0.1, 0.15) is 5.69 Å². The molecule has 1 fully saturated rings. The van der Waals surface area contributed by atoms with Crippen LogP contribution in [0.4, 0.5) is 11.4 Å². The second-order valence-corrected chi connectivity index (χ2v) is 4.88. The number of nitro benzene ring substituents is 1. The zero-order chi connectivity index (χ0) is 15.4. The summed E-state index contributed by atoms with van der Waals surface area (Å²) in [6, 6.07) is 4.14. The predicted octanol–water partition coefficient (Wildman–Crippen LogP) is 0.307. The number of anilines is 1. The highest BCUT2D eigenvalue weighted by Gasteiger charge is 2.23. The van der Waals surface area contributed by atoms with Gasteiger partial charge in [-0.05, 0) is 11.6 Å². The van der Waals surface area contributed by atoms with Gasteiger partial charge in [0.2, 0.25) is 5.91 Å². The fraction of sp³-hybridized carbons (Fsp3) is 0.462. The first-order chi connectivity index (χ1) is 9.99. The van der Waals surface area contributed by atoms with E-state index in [0.29, 0.717) is 37.6 Å². The molecule has 1 atom stereocenters. The number of nitrogens with zero attached hydrogens (tertiary/aromatic N) is 2. The van der Waals surface area contributed by atoms with Crippen molar-refractivity contribution in [2.24, 2.45) is 11.5 Å². The summed E-state index contributed by atoms with van der Waals surface area (Å²) >= 11 is 0. The average molecular weight is 294 g/mol. The summed E-state index contributed by atoms with van der Waals surface area (Å²) in [5.41, 5.74) is 12.0. The largest absolute Gasteiger partial charge is 0.378 e. The lowest BCUT2D eigenvalue weighted by atomic mass is 10.0. The molecule has 0 aliphatic carbocycles. The Balaban J connectivity index is 2.30. The SMILES string of the molecule is NC(=O)CC(N)c1ccc(N2CCOCC2)c([N+](=O)[O-])c1. The van der Waals surface area contributed by atoms with Crippen LogP contribution < -0.4 is 16.4 Å². The lowest BCUT2D eigenvalue weighted by Crippen LogP contribution is -2.36. The van der Waals surface area contributed by atoms with Gasteiger partial charge in [0.25, 0.3) is 5.69 Å². The molecule has 0 aromatic heterocycles. The van der Waals surface area contributed by atoms with E-state index in [1.807, 2.05) is 4.90 Å². The van der Waals surface area contributed by atoms with Crippen molar-refractivity contribution in [3.8, 4) is 0 Å². The van der Waals surface area contributed by atoms with Crippen molar-refractivity contribution in [3.63, 3.8) is 0 Å². The highest BCUT2D eigenvalue weighted by molar-refractivity contribution is 5.75. The molecule has 1 aromatic rings. The Morgan fingerprint density at radius 2 is 2.10 bits per heavy atom. The van der Waals surface area contributed by atoms with Gasteiger partial charge in [0, 0.05) is 31.6 Å². The number of rotatable bonds is 5. The van der Waals surface area contributed by atoms with E-state index in [0.717, 1.165) is 0 Å². The second-order valence-electron chi connectivity index (χ2n) is 4.88. The summed E-state index contributed by atoms with van der Waals surface area (Å²) in [6.07, 6.45) is -0.0476. The molecule has 2 rings (SSSR count). The first-order valence-electron chi connectivity index (χ1n) is 6.64. The summed E-state index contributed by atoms with van der Waals surface area (Å²) in [6.45, 7) is 2.29. The van der Waals surface area contributed by atoms with Crippen molar-refractivity contribution in [3.05, 3.63) is 33.9 Å². The molecule has 4 N–H and O–H groups in total. The molecular formula is C13H18N4O4. The number of carbonyl (C=O) groups is 1. The molecule has 114 valence electrons. The van der Waals surface area contributed by atoms with Gasteiger partial charge in [-0.25, -0.2) is 0 Å². The minimum atomic E-state index is -0.639. The third-order valence-corrected chi connectivity index (χ3v) is 3.40. The molecule has 1 aromatic carbocycles. The van der Waals surface area contributed by atoms with Gasteiger partial charge in [0.15, 0.2) is 0 Å². The van der Waals surface area contributed by atoms with Crippen LogP contribution in [0.2, 0.25) is 0 Å². The molecule has 1 aliphatic rings. The van der Waals surface area contributed by atoms with Gasteiger partial charge in [0.05, 0.1) is 18.1 Å². The Kier molecular flexibility index (Phi) is 4.71. The number of nitro groups is 1. The van der Waals surface area contributed by atoms with Crippen LogP contribution in [0.5, 0.6) is 0 Å². The number of ether oxygens (including phenoxy) is 1. The standard InChI is InChI=1S/C13H18N4O4/c14-10(8-13(15)18)9-1-2-11(12(7-9)17(19)20)16-3-5-21-6-4-16/h1-2,7,10H,3-6,8,14H2,(H2,15,18). The molecule has 1 saturated heterocycles. The van der Waals surface area contributed by atoms with Crippen molar-refractivity contribution in [1.29, 1.82) is 0 Å². The van der Waals surface area contributed by atoms with E-state index >= 15 is 0 Å². The van der Waals surface area contributed by atoms with Crippen LogP contribution in [-0.4, -0.2) is 37.1 Å². The van der Waals surface area contributed by atoms with Crippen molar-refractivity contribution < 1.29 is 14.5 Å². The van der Waals surface area contributed by atoms with E-state index in [2.05, 4.69) is 0 Å². The number of amides is 1. The molecular weight excluding hydrogens is 276 g/mol. The molecule has 1 aliphatic heterocycles. The van der Waals surface area contributed by atoms with Crippen LogP contribution in [0.1, 0.15) is 18.0 Å². The molecule has 0 spiro atoms. The molecule has 0 radical (unpaired) electrons. The Morgan fingerprint density at radius 3 is 2.67 bits per heavy atom. The van der Waals surface area contributed by atoms with Crippen LogP contribution in [-0.2, 0) is 9.53 Å². The Hall–Kier alpha value is -2.19. The maximum atomic E-state index is 11.3. The van der Waals surface area contributed by atoms with Crippen LogP contribution >= 0.6 is 0 Å². The number of nitrogens with two attached hydrogens (primary N) is 2. The van der Waals surface area contributed by atoms with E-state index in [9.17, 15) is 14.9 Å². The van der Waals surface area contributed by atoms with Gasteiger partial charge in [-0.1, -0.05) is 6.07 Å². The smallest absolute Gasteiger partial charge is 0.292 e. The van der Waals surface area contributed by atoms with E-state index < -0.39 is 16.9 Å². The Morgan fingerprint density at radius 1 is 1.43 bits per heavy atom. The summed E-state index contributed by atoms with van der Waals surface area (Å²) in [5, 5.41) is 11.3. The van der Waals surface area contributed by atoms with Gasteiger partial charge in [-0.2, -0.15) is 0 Å². The predicted molar refractivity (Wildman–Crippen MR) is 76.9 cm³/mol. The number of carbonyl (C=O) groups excluding carboxylic acids is 1. The van der Waals surface area contributed by atoms with Gasteiger partial charge in [-0.3, -0.25) is 14.9 Å². The highest BCUT2D eigenvalue weighted by atomic mass is 16.6. The normalized spacial score (nSPS) is 16.5. The highest BCUT2D eigenvalue weighted by Crippen LogP contribution is 2.31. The molecule has 0 saturated carbocycles. The van der Waals surface area contributed by atoms with E-state index in [1.165, 1.54) is 6.07 Å². The van der Waals surface area contributed by atoms with Gasteiger partial charge in [-0.15, -0.1) is 0 Å². The number of hydrogen-bond donors (Lipinski definition) is 2. The van der Waals surface area contributed by atoms with Gasteiger partial charge < -0.3 is 21.1 Å². The first kappa shape index (κ1) is 15.2. The van der Waals surface area contributed by atoms with Crippen LogP contribution in [0.15, 0.2) is 18.2 Å². The molecule has 8 nitrogen and oxygen atoms in total. The third-order valence-electron chi connectivity index (χ3n) is 3.40. The fourth-order valence-corrected chi connectivity index (χ4v) is 2.32. The number of benzene rings is 1. The first-order valence-corrected chi connectivity index (χ1v) is 6.64. The Labute approximate surface area is 121 Å². The summed E-state index contributed by atoms with van der Waals surface area (Å²) < 4.78 is 5.24. The van der Waals surface area contributed by atoms with Crippen molar-refractivity contribution in [2.75, 3.05) is 31.2 Å². The van der Waals surface area contributed by atoms with Gasteiger partial charge >= 0.3 is 0 Å². The third kappa shape index (κ3) is 3.67. The molecule has 8 heteroatoms. The topological polar surface area (TPSA) is 125 Å². The van der Waals surface area contributed by atoms with Crippen LogP contribution in [0, 0.1) is 10.1 Å². The maximum absolute atomic E-state index is 11.3. The average Bonchev–Trinajstić information content (AvgIpc) is 2.46. The van der Waals surface area contributed by atoms with E-state index in [-0.39, 0.29) is 12.1 Å². The lowest BCUT2D eigenvalue weighted by Gasteiger charge is -2.28. The summed E-state index contributed by atoms with van der Waals surface area (Å²) in [7, 11) is 0. The minimum Gasteiger partial charge on any atom is -0.378 e. The molecule has 1 heterocycles. The van der Waals surface area contributed by atoms with Crippen LogP contribution in [0.25, 0.3) is 0 Å². The fourth-order valence-electron chi connectivity index (χ4n) is 2.32. The monoisotopic (exact) mass is 294 g/mol. The molecule has 21 heavy (non-hydrogen) atoms. The minimum absolute atomic E-state index is 0.0191. The maximum Gasteiger partial charge on any atom is 0.292 e. The summed E-state index contributed by atoms with van der Waals surface area (Å²) in [5.74, 6) is -0.539. The summed E-state index contributed by atoms with van der Waals surface area (Å²) in [4.78, 5) is 23.6. The Bertz CT molecular complexity index is 543. The number of primary amides is 1. The van der Waals surface area contributed by atoms with Crippen LogP contribution in [0.3, 0.4) is 0 Å². The number of morpholine rings is 1. The second kappa shape index (κ2) is 6.51. The molecule has 1 amide bonds. The van der Waals surface area contributed by atoms with Crippen molar-refractivity contribution >= 4 is 17.3 Å². The molecule has 1 unspecified atom stereocenters.